The van der Waals surface area contributed by atoms with Crippen LogP contribution in [0.25, 0.3) is 0 Å². The van der Waals surface area contributed by atoms with Crippen LogP contribution >= 0.6 is 0 Å². The minimum atomic E-state index is -0.125. The SMILES string of the molecule is CN=C(NCCNC(=O)c1cccnc1)NCC(C(C)C)N1CCOCC1. The molecule has 8 heteroatoms. The van der Waals surface area contributed by atoms with Gasteiger partial charge in [0.1, 0.15) is 0 Å². The third-order valence-corrected chi connectivity index (χ3v) is 4.61. The number of nitrogens with one attached hydrogen (secondary N) is 3. The molecule has 3 N–H and O–H groups in total. The fourth-order valence-electron chi connectivity index (χ4n) is 3.07. The summed E-state index contributed by atoms with van der Waals surface area (Å²) in [5, 5.41) is 9.51. The number of nitrogens with zero attached hydrogens (tertiary/aromatic N) is 3. The van der Waals surface area contributed by atoms with E-state index in [0.717, 1.165) is 38.8 Å². The van der Waals surface area contributed by atoms with Crippen molar-refractivity contribution in [3.8, 4) is 0 Å². The number of carbonyl (C=O) groups is 1. The van der Waals surface area contributed by atoms with Gasteiger partial charge < -0.3 is 20.7 Å². The molecular formula is C19H32N6O2. The molecule has 150 valence electrons. The summed E-state index contributed by atoms with van der Waals surface area (Å²) in [4.78, 5) is 22.7. The highest BCUT2D eigenvalue weighted by Gasteiger charge is 2.23. The Hall–Kier alpha value is -2.19. The second kappa shape index (κ2) is 11.5. The number of aliphatic imine (C=N–C) groups is 1. The average molecular weight is 377 g/mol. The lowest BCUT2D eigenvalue weighted by molar-refractivity contribution is 0.00752. The Morgan fingerprint density at radius 1 is 1.26 bits per heavy atom. The zero-order valence-corrected chi connectivity index (χ0v) is 16.6. The van der Waals surface area contributed by atoms with E-state index < -0.39 is 0 Å². The lowest BCUT2D eigenvalue weighted by atomic mass is 10.0. The normalized spacial score (nSPS) is 16.8. The summed E-state index contributed by atoms with van der Waals surface area (Å²) < 4.78 is 5.46. The van der Waals surface area contributed by atoms with Crippen LogP contribution in [-0.2, 0) is 4.74 Å². The molecule has 0 spiro atoms. The van der Waals surface area contributed by atoms with Crippen LogP contribution in [0, 0.1) is 5.92 Å². The molecule has 0 saturated carbocycles. The Labute approximate surface area is 161 Å². The highest BCUT2D eigenvalue weighted by molar-refractivity contribution is 5.93. The summed E-state index contributed by atoms with van der Waals surface area (Å²) in [6.45, 7) is 9.94. The van der Waals surface area contributed by atoms with E-state index in [1.54, 1.807) is 31.6 Å². The van der Waals surface area contributed by atoms with Crippen molar-refractivity contribution in [1.29, 1.82) is 0 Å². The van der Waals surface area contributed by atoms with E-state index in [0.29, 0.717) is 30.6 Å². The molecule has 1 aromatic heterocycles. The van der Waals surface area contributed by atoms with Gasteiger partial charge in [-0.3, -0.25) is 19.7 Å². The van der Waals surface area contributed by atoms with E-state index in [2.05, 4.69) is 44.7 Å². The van der Waals surface area contributed by atoms with Crippen LogP contribution < -0.4 is 16.0 Å². The van der Waals surface area contributed by atoms with E-state index in [1.165, 1.54) is 0 Å². The van der Waals surface area contributed by atoms with Crippen molar-refractivity contribution >= 4 is 11.9 Å². The summed E-state index contributed by atoms with van der Waals surface area (Å²) in [5.41, 5.74) is 0.560. The molecule has 1 fully saturated rings. The lowest BCUT2D eigenvalue weighted by Gasteiger charge is -2.37. The van der Waals surface area contributed by atoms with Gasteiger partial charge in [0.2, 0.25) is 0 Å². The fraction of sp³-hybridized carbons (Fsp3) is 0.632. The van der Waals surface area contributed by atoms with Crippen molar-refractivity contribution in [2.75, 3.05) is 53.0 Å². The maximum absolute atomic E-state index is 12.0. The topological polar surface area (TPSA) is 90.9 Å². The summed E-state index contributed by atoms with van der Waals surface area (Å²) in [5.74, 6) is 1.15. The number of guanidine groups is 1. The molecule has 8 nitrogen and oxygen atoms in total. The minimum absolute atomic E-state index is 0.125. The van der Waals surface area contributed by atoms with Gasteiger partial charge in [0, 0.05) is 58.2 Å². The quantitative estimate of drug-likeness (QED) is 0.344. The summed E-state index contributed by atoms with van der Waals surface area (Å²) in [7, 11) is 1.75. The largest absolute Gasteiger partial charge is 0.379 e. The third kappa shape index (κ3) is 7.15. The predicted octanol–water partition coefficient (Wildman–Crippen LogP) is 0.333. The minimum Gasteiger partial charge on any atom is -0.379 e. The van der Waals surface area contributed by atoms with Gasteiger partial charge in [-0.05, 0) is 18.1 Å². The molecule has 1 aliphatic rings. The first-order valence-corrected chi connectivity index (χ1v) is 9.56. The number of amides is 1. The zero-order valence-electron chi connectivity index (χ0n) is 16.6. The van der Waals surface area contributed by atoms with Crippen LogP contribution in [0.15, 0.2) is 29.5 Å². The number of pyridine rings is 1. The average Bonchev–Trinajstić information content (AvgIpc) is 2.70. The number of morpholine rings is 1. The molecule has 2 heterocycles. The molecule has 0 bridgehead atoms. The Morgan fingerprint density at radius 3 is 2.63 bits per heavy atom. The third-order valence-electron chi connectivity index (χ3n) is 4.61. The zero-order chi connectivity index (χ0) is 19.5. The van der Waals surface area contributed by atoms with Gasteiger partial charge in [0.25, 0.3) is 5.91 Å². The van der Waals surface area contributed by atoms with E-state index in [1.807, 2.05) is 0 Å². The Bertz CT molecular complexity index is 587. The monoisotopic (exact) mass is 376 g/mol. The standard InChI is InChI=1S/C19H32N6O2/c1-15(2)17(25-9-11-27-12-10-25)14-24-19(20-3)23-8-7-22-18(26)16-5-4-6-21-13-16/h4-6,13,15,17H,7-12,14H2,1-3H3,(H,22,26)(H2,20,23,24). The van der Waals surface area contributed by atoms with Crippen molar-refractivity contribution in [3.63, 3.8) is 0 Å². The van der Waals surface area contributed by atoms with Gasteiger partial charge >= 0.3 is 0 Å². The second-order valence-electron chi connectivity index (χ2n) is 6.84. The number of ether oxygens (including phenoxy) is 1. The van der Waals surface area contributed by atoms with Gasteiger partial charge in [-0.1, -0.05) is 13.8 Å². The number of hydrogen-bond acceptors (Lipinski definition) is 5. The van der Waals surface area contributed by atoms with Crippen LogP contribution in [0.4, 0.5) is 0 Å². The molecule has 1 saturated heterocycles. The van der Waals surface area contributed by atoms with E-state index in [9.17, 15) is 4.79 Å². The number of carbonyl (C=O) groups excluding carboxylic acids is 1. The van der Waals surface area contributed by atoms with Crippen LogP contribution in [-0.4, -0.2) is 80.8 Å². The van der Waals surface area contributed by atoms with Crippen molar-refractivity contribution in [3.05, 3.63) is 30.1 Å². The predicted molar refractivity (Wildman–Crippen MR) is 107 cm³/mol. The van der Waals surface area contributed by atoms with Crippen LogP contribution in [0.3, 0.4) is 0 Å². The van der Waals surface area contributed by atoms with Gasteiger partial charge in [-0.25, -0.2) is 0 Å². The molecule has 2 rings (SSSR count). The molecule has 1 aliphatic heterocycles. The Balaban J connectivity index is 1.70. The molecule has 1 unspecified atom stereocenters. The van der Waals surface area contributed by atoms with Gasteiger partial charge in [-0.15, -0.1) is 0 Å². The Morgan fingerprint density at radius 2 is 2.00 bits per heavy atom. The molecule has 1 aromatic rings. The van der Waals surface area contributed by atoms with E-state index >= 15 is 0 Å². The number of rotatable bonds is 8. The van der Waals surface area contributed by atoms with Crippen molar-refractivity contribution < 1.29 is 9.53 Å². The van der Waals surface area contributed by atoms with Crippen molar-refractivity contribution in [2.45, 2.75) is 19.9 Å². The number of aromatic nitrogens is 1. The molecule has 0 aromatic carbocycles. The first-order valence-electron chi connectivity index (χ1n) is 9.56. The lowest BCUT2D eigenvalue weighted by Crippen LogP contribution is -2.53. The number of hydrogen-bond donors (Lipinski definition) is 3. The van der Waals surface area contributed by atoms with Crippen LogP contribution in [0.2, 0.25) is 0 Å². The first-order chi connectivity index (χ1) is 13.1. The first kappa shape index (κ1) is 21.1. The van der Waals surface area contributed by atoms with Crippen LogP contribution in [0.1, 0.15) is 24.2 Å². The van der Waals surface area contributed by atoms with E-state index in [4.69, 9.17) is 4.74 Å². The van der Waals surface area contributed by atoms with Gasteiger partial charge in [-0.2, -0.15) is 0 Å². The smallest absolute Gasteiger partial charge is 0.252 e. The highest BCUT2D eigenvalue weighted by Crippen LogP contribution is 2.12. The summed E-state index contributed by atoms with van der Waals surface area (Å²) in [6.07, 6.45) is 3.20. The maximum atomic E-state index is 12.0. The molecule has 0 aliphatic carbocycles. The van der Waals surface area contributed by atoms with Gasteiger partial charge in [0.15, 0.2) is 5.96 Å². The Kier molecular flexibility index (Phi) is 9.00. The molecular weight excluding hydrogens is 344 g/mol. The molecule has 27 heavy (non-hydrogen) atoms. The van der Waals surface area contributed by atoms with Crippen molar-refractivity contribution in [2.24, 2.45) is 10.9 Å². The molecule has 1 atom stereocenters. The highest BCUT2D eigenvalue weighted by atomic mass is 16.5. The van der Waals surface area contributed by atoms with E-state index in [-0.39, 0.29) is 5.91 Å². The summed E-state index contributed by atoms with van der Waals surface area (Å²) >= 11 is 0. The van der Waals surface area contributed by atoms with Crippen molar-refractivity contribution in [1.82, 2.24) is 25.8 Å². The summed E-state index contributed by atoms with van der Waals surface area (Å²) in [6, 6.07) is 3.92. The maximum Gasteiger partial charge on any atom is 0.252 e. The molecule has 0 radical (unpaired) electrons. The molecule has 1 amide bonds. The van der Waals surface area contributed by atoms with Gasteiger partial charge in [0.05, 0.1) is 18.8 Å². The second-order valence-corrected chi connectivity index (χ2v) is 6.84. The van der Waals surface area contributed by atoms with Crippen LogP contribution in [0.5, 0.6) is 0 Å². The fourth-order valence-corrected chi connectivity index (χ4v) is 3.07.